The molecule has 0 saturated heterocycles. The fraction of sp³-hybridized carbons (Fsp3) is 0.500. The fourth-order valence-electron chi connectivity index (χ4n) is 1.60. The van der Waals surface area contributed by atoms with Gasteiger partial charge in [0.2, 0.25) is 0 Å². The Bertz CT molecular complexity index is 294. The van der Waals surface area contributed by atoms with Crippen LogP contribution in [0.15, 0.2) is 24.3 Å². The fourth-order valence-corrected chi connectivity index (χ4v) is 1.60. The molecular formula is C12H19NO. The average molecular weight is 193 g/mol. The molecule has 14 heavy (non-hydrogen) atoms. The summed E-state index contributed by atoms with van der Waals surface area (Å²) in [5.41, 5.74) is 8.20. The molecule has 0 aliphatic carbocycles. The predicted octanol–water partition coefficient (Wildman–Crippen LogP) is 2.19. The zero-order valence-corrected chi connectivity index (χ0v) is 9.07. The highest BCUT2D eigenvalue weighted by molar-refractivity contribution is 5.32. The van der Waals surface area contributed by atoms with E-state index in [0.717, 1.165) is 5.56 Å². The summed E-state index contributed by atoms with van der Waals surface area (Å²) in [7, 11) is 0. The second-order valence-corrected chi connectivity index (χ2v) is 4.05. The highest BCUT2D eigenvalue weighted by Crippen LogP contribution is 2.25. The first-order valence-corrected chi connectivity index (χ1v) is 5.06. The topological polar surface area (TPSA) is 46.2 Å². The van der Waals surface area contributed by atoms with Crippen LogP contribution in [0.3, 0.4) is 0 Å². The molecule has 0 aliphatic heterocycles. The van der Waals surface area contributed by atoms with Crippen LogP contribution in [0.5, 0.6) is 0 Å². The van der Waals surface area contributed by atoms with Crippen molar-refractivity contribution in [3.63, 3.8) is 0 Å². The minimum absolute atomic E-state index is 0.284. The lowest BCUT2D eigenvalue weighted by atomic mass is 9.91. The Morgan fingerprint density at radius 1 is 1.07 bits per heavy atom. The summed E-state index contributed by atoms with van der Waals surface area (Å²) in [6.07, 6.45) is -0.505. The predicted molar refractivity (Wildman–Crippen MR) is 59.1 cm³/mol. The van der Waals surface area contributed by atoms with Gasteiger partial charge in [-0.2, -0.15) is 0 Å². The Balaban J connectivity index is 3.06. The molecule has 78 valence electrons. The van der Waals surface area contributed by atoms with Gasteiger partial charge < -0.3 is 10.8 Å². The zero-order valence-electron chi connectivity index (χ0n) is 9.07. The second kappa shape index (κ2) is 4.58. The third-order valence-corrected chi connectivity index (χ3v) is 2.50. The number of aliphatic hydroxyl groups excluding tert-OH is 1. The Labute approximate surface area is 85.8 Å². The molecule has 0 heterocycles. The lowest BCUT2D eigenvalue weighted by Crippen LogP contribution is -2.24. The third kappa shape index (κ3) is 2.34. The Morgan fingerprint density at radius 3 is 2.00 bits per heavy atom. The van der Waals surface area contributed by atoms with Crippen molar-refractivity contribution in [2.75, 3.05) is 0 Å². The van der Waals surface area contributed by atoms with Crippen LogP contribution < -0.4 is 5.73 Å². The minimum Gasteiger partial charge on any atom is -0.391 e. The molecule has 0 radical (unpaired) electrons. The summed E-state index contributed by atoms with van der Waals surface area (Å²) in [5, 5.41) is 9.46. The molecule has 1 aromatic rings. The van der Waals surface area contributed by atoms with E-state index in [0.29, 0.717) is 5.92 Å². The lowest BCUT2D eigenvalue weighted by Gasteiger charge is -2.20. The van der Waals surface area contributed by atoms with Crippen molar-refractivity contribution in [2.45, 2.75) is 38.8 Å². The Kier molecular flexibility index (Phi) is 3.67. The molecular weight excluding hydrogens is 174 g/mol. The third-order valence-electron chi connectivity index (χ3n) is 2.50. The molecule has 0 aliphatic rings. The number of rotatable bonds is 3. The smallest absolute Gasteiger partial charge is 0.0704 e. The van der Waals surface area contributed by atoms with Gasteiger partial charge in [0, 0.05) is 0 Å². The van der Waals surface area contributed by atoms with E-state index in [9.17, 15) is 5.11 Å². The molecule has 0 saturated carbocycles. The largest absolute Gasteiger partial charge is 0.391 e. The molecule has 0 spiro atoms. The molecule has 2 unspecified atom stereocenters. The van der Waals surface area contributed by atoms with Gasteiger partial charge in [-0.3, -0.25) is 0 Å². The Hall–Kier alpha value is -0.860. The van der Waals surface area contributed by atoms with E-state index in [4.69, 9.17) is 5.73 Å². The van der Waals surface area contributed by atoms with Crippen molar-refractivity contribution in [1.82, 2.24) is 0 Å². The molecule has 0 amide bonds. The van der Waals surface area contributed by atoms with Crippen molar-refractivity contribution in [3.8, 4) is 0 Å². The van der Waals surface area contributed by atoms with E-state index in [1.807, 2.05) is 18.2 Å². The van der Waals surface area contributed by atoms with Crippen LogP contribution in [0.25, 0.3) is 0 Å². The summed E-state index contributed by atoms with van der Waals surface area (Å²) in [6, 6.07) is 7.75. The first-order chi connectivity index (χ1) is 6.54. The number of hydrogen-bond acceptors (Lipinski definition) is 2. The number of aliphatic hydroxyl groups is 1. The van der Waals surface area contributed by atoms with Gasteiger partial charge in [-0.05, 0) is 24.0 Å². The Morgan fingerprint density at radius 2 is 1.57 bits per heavy atom. The van der Waals surface area contributed by atoms with Gasteiger partial charge >= 0.3 is 0 Å². The van der Waals surface area contributed by atoms with E-state index in [-0.39, 0.29) is 6.04 Å². The second-order valence-electron chi connectivity index (χ2n) is 4.05. The van der Waals surface area contributed by atoms with Crippen LogP contribution in [0, 0.1) is 0 Å². The molecule has 2 heteroatoms. The molecule has 2 atom stereocenters. The van der Waals surface area contributed by atoms with Gasteiger partial charge in [-0.15, -0.1) is 0 Å². The van der Waals surface area contributed by atoms with Crippen LogP contribution in [0.4, 0.5) is 0 Å². The average Bonchev–Trinajstić information content (AvgIpc) is 2.16. The molecule has 3 N–H and O–H groups in total. The van der Waals surface area contributed by atoms with E-state index in [2.05, 4.69) is 19.9 Å². The first-order valence-electron chi connectivity index (χ1n) is 5.06. The van der Waals surface area contributed by atoms with Crippen LogP contribution in [-0.4, -0.2) is 11.2 Å². The minimum atomic E-state index is -0.505. The van der Waals surface area contributed by atoms with E-state index in [1.54, 1.807) is 6.92 Å². The van der Waals surface area contributed by atoms with Gasteiger partial charge in [0.1, 0.15) is 0 Å². The maximum Gasteiger partial charge on any atom is 0.0704 e. The van der Waals surface area contributed by atoms with Crippen molar-refractivity contribution in [1.29, 1.82) is 0 Å². The van der Waals surface area contributed by atoms with Gasteiger partial charge in [0.25, 0.3) is 0 Å². The summed E-state index contributed by atoms with van der Waals surface area (Å²) in [5.74, 6) is 0.441. The van der Waals surface area contributed by atoms with E-state index < -0.39 is 6.10 Å². The number of benzene rings is 1. The normalized spacial score (nSPS) is 15.6. The quantitative estimate of drug-likeness (QED) is 0.773. The SMILES string of the molecule is CC(C)c1ccccc1C(N)C(C)O. The first kappa shape index (κ1) is 11.2. The van der Waals surface area contributed by atoms with E-state index in [1.165, 1.54) is 5.56 Å². The zero-order chi connectivity index (χ0) is 10.7. The van der Waals surface area contributed by atoms with Crippen LogP contribution in [0.2, 0.25) is 0 Å². The molecule has 0 aromatic heterocycles. The summed E-state index contributed by atoms with van der Waals surface area (Å²) >= 11 is 0. The molecule has 1 aromatic carbocycles. The van der Waals surface area contributed by atoms with Crippen LogP contribution in [0.1, 0.15) is 43.9 Å². The summed E-state index contributed by atoms with van der Waals surface area (Å²) in [4.78, 5) is 0. The molecule has 0 bridgehead atoms. The van der Waals surface area contributed by atoms with Gasteiger partial charge in [0.15, 0.2) is 0 Å². The summed E-state index contributed by atoms with van der Waals surface area (Å²) in [6.45, 7) is 5.99. The number of hydrogen-bond donors (Lipinski definition) is 2. The maximum absolute atomic E-state index is 9.46. The lowest BCUT2D eigenvalue weighted by molar-refractivity contribution is 0.164. The van der Waals surface area contributed by atoms with Gasteiger partial charge in [0.05, 0.1) is 12.1 Å². The molecule has 2 nitrogen and oxygen atoms in total. The highest BCUT2D eigenvalue weighted by atomic mass is 16.3. The van der Waals surface area contributed by atoms with Crippen LogP contribution in [-0.2, 0) is 0 Å². The van der Waals surface area contributed by atoms with Gasteiger partial charge in [-0.25, -0.2) is 0 Å². The van der Waals surface area contributed by atoms with Crippen molar-refractivity contribution >= 4 is 0 Å². The number of nitrogens with two attached hydrogens (primary N) is 1. The van der Waals surface area contributed by atoms with Crippen LogP contribution >= 0.6 is 0 Å². The van der Waals surface area contributed by atoms with Crippen molar-refractivity contribution in [3.05, 3.63) is 35.4 Å². The van der Waals surface area contributed by atoms with E-state index >= 15 is 0 Å². The highest BCUT2D eigenvalue weighted by Gasteiger charge is 2.16. The summed E-state index contributed by atoms with van der Waals surface area (Å²) < 4.78 is 0. The molecule has 1 rings (SSSR count). The maximum atomic E-state index is 9.46. The van der Waals surface area contributed by atoms with Gasteiger partial charge in [-0.1, -0.05) is 38.1 Å². The standard InChI is InChI=1S/C12H19NO/c1-8(2)10-6-4-5-7-11(10)12(13)9(3)14/h4-9,12,14H,13H2,1-3H3. The van der Waals surface area contributed by atoms with Crippen molar-refractivity contribution in [2.24, 2.45) is 5.73 Å². The monoisotopic (exact) mass is 193 g/mol. The van der Waals surface area contributed by atoms with Crippen molar-refractivity contribution < 1.29 is 5.11 Å². The molecule has 0 fully saturated rings.